The minimum absolute atomic E-state index is 0.0411. The molecule has 0 radical (unpaired) electrons. The highest BCUT2D eigenvalue weighted by Crippen LogP contribution is 2.37. The van der Waals surface area contributed by atoms with Crippen molar-refractivity contribution >= 4 is 6.08 Å². The van der Waals surface area contributed by atoms with Crippen LogP contribution in [0, 0.1) is 23.3 Å². The van der Waals surface area contributed by atoms with Gasteiger partial charge >= 0.3 is 0 Å². The van der Waals surface area contributed by atoms with E-state index in [1.807, 2.05) is 0 Å². The van der Waals surface area contributed by atoms with Crippen LogP contribution in [-0.2, 0) is 4.74 Å². The molecule has 0 spiro atoms. The molecule has 0 saturated heterocycles. The van der Waals surface area contributed by atoms with Gasteiger partial charge in [-0.3, -0.25) is 0 Å². The van der Waals surface area contributed by atoms with E-state index >= 15 is 0 Å². The van der Waals surface area contributed by atoms with Crippen molar-refractivity contribution in [3.63, 3.8) is 0 Å². The summed E-state index contributed by atoms with van der Waals surface area (Å²) in [5.74, 6) is -8.42. The van der Waals surface area contributed by atoms with Crippen molar-refractivity contribution in [1.29, 1.82) is 0 Å². The molecule has 0 aliphatic heterocycles. The van der Waals surface area contributed by atoms with Gasteiger partial charge in [0.15, 0.2) is 17.9 Å². The lowest BCUT2D eigenvalue weighted by Crippen LogP contribution is -2.27. The number of aliphatic hydroxyl groups is 1. The van der Waals surface area contributed by atoms with Gasteiger partial charge in [0.1, 0.15) is 5.75 Å². The lowest BCUT2D eigenvalue weighted by atomic mass is 10.1. The summed E-state index contributed by atoms with van der Waals surface area (Å²) in [4.78, 5) is 0. The maximum Gasteiger partial charge on any atom is 0.205 e. The number of ether oxygens (including phenoxy) is 2. The summed E-state index contributed by atoms with van der Waals surface area (Å²) in [6.45, 7) is 8.38. The Morgan fingerprint density at radius 3 is 2.22 bits per heavy atom. The van der Waals surface area contributed by atoms with Gasteiger partial charge in [0, 0.05) is 0 Å². The Bertz CT molecular complexity index is 820. The Morgan fingerprint density at radius 2 is 1.70 bits per heavy atom. The summed E-state index contributed by atoms with van der Waals surface area (Å²) >= 11 is 0. The zero-order chi connectivity index (χ0) is 20.4. The Kier molecular flexibility index (Phi) is 6.28. The predicted octanol–water partition coefficient (Wildman–Crippen LogP) is 5.87. The van der Waals surface area contributed by atoms with Crippen molar-refractivity contribution in [2.24, 2.45) is 0 Å². The topological polar surface area (TPSA) is 38.7 Å². The van der Waals surface area contributed by atoms with E-state index in [1.165, 1.54) is 24.3 Å². The van der Waals surface area contributed by atoms with Gasteiger partial charge in [-0.15, -0.1) is 0 Å². The Balaban J connectivity index is 2.47. The minimum atomic E-state index is -2.19. The molecular weight excluding hydrogens is 364 g/mol. The molecule has 2 aromatic rings. The van der Waals surface area contributed by atoms with Crippen molar-refractivity contribution in [1.82, 2.24) is 0 Å². The zero-order valence-electron chi connectivity index (χ0n) is 15.2. The Morgan fingerprint density at radius 1 is 1.11 bits per heavy atom. The first kappa shape index (κ1) is 20.9. The van der Waals surface area contributed by atoms with Crippen molar-refractivity contribution < 1.29 is 32.1 Å². The van der Waals surface area contributed by atoms with Crippen LogP contribution in [0.25, 0.3) is 6.08 Å². The van der Waals surface area contributed by atoms with E-state index in [2.05, 4.69) is 6.58 Å². The van der Waals surface area contributed by atoms with Gasteiger partial charge in [0.2, 0.25) is 17.4 Å². The number of hydrogen-bond donors (Lipinski definition) is 1. The summed E-state index contributed by atoms with van der Waals surface area (Å²) < 4.78 is 67.6. The fraction of sp³-hybridized carbons (Fsp3) is 0.300. The zero-order valence-corrected chi connectivity index (χ0v) is 15.2. The van der Waals surface area contributed by atoms with Crippen LogP contribution in [0.3, 0.4) is 0 Å². The van der Waals surface area contributed by atoms with Gasteiger partial charge < -0.3 is 14.6 Å². The summed E-state index contributed by atoms with van der Waals surface area (Å²) in [7, 11) is 0. The molecule has 0 bridgehead atoms. The molecule has 2 aromatic carbocycles. The summed E-state index contributed by atoms with van der Waals surface area (Å²) in [5, 5.41) is 9.96. The molecule has 27 heavy (non-hydrogen) atoms. The molecule has 0 aliphatic rings. The van der Waals surface area contributed by atoms with Crippen LogP contribution in [0.2, 0.25) is 0 Å². The average Bonchev–Trinajstić information content (AvgIpc) is 2.63. The summed E-state index contributed by atoms with van der Waals surface area (Å²) in [6, 6.07) is 5.92. The molecule has 0 aliphatic carbocycles. The molecule has 0 aromatic heterocycles. The van der Waals surface area contributed by atoms with Crippen LogP contribution in [0.15, 0.2) is 30.8 Å². The first-order chi connectivity index (χ1) is 12.6. The molecule has 0 amide bonds. The van der Waals surface area contributed by atoms with E-state index < -0.39 is 46.5 Å². The Labute approximate surface area is 154 Å². The van der Waals surface area contributed by atoms with Crippen LogP contribution in [0.1, 0.15) is 44.6 Å². The smallest absolute Gasteiger partial charge is 0.205 e. The number of halogens is 4. The highest BCUT2D eigenvalue weighted by Gasteiger charge is 2.33. The van der Waals surface area contributed by atoms with Crippen molar-refractivity contribution in [2.45, 2.75) is 39.1 Å². The van der Waals surface area contributed by atoms with E-state index in [0.717, 1.165) is 0 Å². The average molecular weight is 384 g/mol. The van der Waals surface area contributed by atoms with Crippen LogP contribution in [0.4, 0.5) is 17.6 Å². The molecule has 0 fully saturated rings. The van der Waals surface area contributed by atoms with Crippen molar-refractivity contribution in [2.75, 3.05) is 0 Å². The van der Waals surface area contributed by atoms with E-state index in [0.29, 0.717) is 12.0 Å². The first-order valence-electron chi connectivity index (χ1n) is 8.23. The van der Waals surface area contributed by atoms with Gasteiger partial charge in [-0.2, -0.15) is 8.78 Å². The normalized spacial score (nSPS) is 12.7. The highest BCUT2D eigenvalue weighted by molar-refractivity contribution is 5.50. The van der Waals surface area contributed by atoms with E-state index in [4.69, 9.17) is 9.47 Å². The van der Waals surface area contributed by atoms with E-state index in [1.54, 1.807) is 26.8 Å². The molecule has 0 heterocycles. The summed E-state index contributed by atoms with van der Waals surface area (Å²) in [5.41, 5.74) is -1.64. The van der Waals surface area contributed by atoms with Crippen molar-refractivity contribution in [3.05, 3.63) is 65.2 Å². The Hall–Kier alpha value is -2.38. The third kappa shape index (κ3) is 4.48. The third-order valence-corrected chi connectivity index (χ3v) is 4.10. The van der Waals surface area contributed by atoms with Gasteiger partial charge in [-0.1, -0.05) is 31.7 Å². The van der Waals surface area contributed by atoms with Crippen molar-refractivity contribution in [3.8, 4) is 11.5 Å². The minimum Gasteiger partial charge on any atom is -0.451 e. The molecule has 1 unspecified atom stereocenters. The van der Waals surface area contributed by atoms with Gasteiger partial charge in [-0.05, 0) is 38.0 Å². The molecular formula is C20H20F4O3. The molecule has 7 heteroatoms. The van der Waals surface area contributed by atoms with Gasteiger partial charge in [0.05, 0.1) is 11.2 Å². The lowest BCUT2D eigenvalue weighted by molar-refractivity contribution is -0.180. The largest absolute Gasteiger partial charge is 0.451 e. The summed E-state index contributed by atoms with van der Waals surface area (Å²) in [6.07, 6.45) is -0.339. The molecule has 2 rings (SSSR count). The van der Waals surface area contributed by atoms with Crippen LogP contribution in [0.5, 0.6) is 11.5 Å². The molecule has 1 atom stereocenters. The van der Waals surface area contributed by atoms with E-state index in [-0.39, 0.29) is 5.75 Å². The maximum absolute atomic E-state index is 14.4. The molecule has 1 N–H and O–H groups in total. The number of hydrogen-bond acceptors (Lipinski definition) is 3. The second kappa shape index (κ2) is 8.10. The maximum atomic E-state index is 14.4. The lowest BCUT2D eigenvalue weighted by Gasteiger charge is -2.27. The number of rotatable bonds is 7. The molecule has 0 saturated carbocycles. The SMILES string of the molecule is C=Cc1cccc(Oc2c(F)c(F)c(C(O)OC(C)(C)CC)c(F)c2F)c1. The van der Waals surface area contributed by atoms with Gasteiger partial charge in [-0.25, -0.2) is 8.78 Å². The van der Waals surface area contributed by atoms with Crippen LogP contribution < -0.4 is 4.74 Å². The monoisotopic (exact) mass is 384 g/mol. The standard InChI is InChI=1S/C20H20F4O3/c1-5-11-8-7-9-12(10-11)26-18-16(23)14(21)13(15(22)17(18)24)19(25)27-20(3,4)6-2/h5,7-10,19,25H,1,6H2,2-4H3. The quantitative estimate of drug-likeness (QED) is 0.368. The van der Waals surface area contributed by atoms with E-state index in [9.17, 15) is 22.7 Å². The fourth-order valence-corrected chi connectivity index (χ4v) is 2.20. The second-order valence-corrected chi connectivity index (χ2v) is 6.46. The highest BCUT2D eigenvalue weighted by atomic mass is 19.2. The first-order valence-corrected chi connectivity index (χ1v) is 8.23. The van der Waals surface area contributed by atoms with Crippen LogP contribution in [-0.4, -0.2) is 10.7 Å². The molecule has 3 nitrogen and oxygen atoms in total. The number of benzene rings is 2. The fourth-order valence-electron chi connectivity index (χ4n) is 2.20. The number of aliphatic hydroxyl groups excluding tert-OH is 1. The van der Waals surface area contributed by atoms with Gasteiger partial charge in [0.25, 0.3) is 0 Å². The predicted molar refractivity (Wildman–Crippen MR) is 93.3 cm³/mol. The van der Waals surface area contributed by atoms with Crippen LogP contribution >= 0.6 is 0 Å². The molecule has 146 valence electrons. The second-order valence-electron chi connectivity index (χ2n) is 6.46. The third-order valence-electron chi connectivity index (χ3n) is 4.10.